The van der Waals surface area contributed by atoms with Crippen molar-refractivity contribution in [1.29, 1.82) is 0 Å². The largest absolute Gasteiger partial charge is 0.396 e. The standard InChI is InChI=1S/C13H18N4OS/c1-9(2)13(11-4-3-5-19-11)16-12(18)8-17-7-10(14)6-15-17/h3-7,9,13H,8,14H2,1-2H3,(H,16,18). The zero-order valence-corrected chi connectivity index (χ0v) is 11.9. The van der Waals surface area contributed by atoms with Gasteiger partial charge in [-0.05, 0) is 17.4 Å². The van der Waals surface area contributed by atoms with Gasteiger partial charge in [-0.25, -0.2) is 0 Å². The van der Waals surface area contributed by atoms with E-state index in [0.29, 0.717) is 11.6 Å². The molecule has 102 valence electrons. The number of aromatic nitrogens is 2. The monoisotopic (exact) mass is 278 g/mol. The summed E-state index contributed by atoms with van der Waals surface area (Å²) < 4.78 is 1.54. The molecule has 0 aromatic carbocycles. The molecule has 3 N–H and O–H groups in total. The molecule has 2 heterocycles. The number of carbonyl (C=O) groups is 1. The Balaban J connectivity index is 2.00. The van der Waals surface area contributed by atoms with Crippen molar-refractivity contribution in [3.8, 4) is 0 Å². The third kappa shape index (κ3) is 3.57. The highest BCUT2D eigenvalue weighted by molar-refractivity contribution is 7.10. The number of nitrogens with one attached hydrogen (secondary N) is 1. The Hall–Kier alpha value is -1.82. The second-order valence-electron chi connectivity index (χ2n) is 4.78. The number of anilines is 1. The fraction of sp³-hybridized carbons (Fsp3) is 0.385. The molecule has 2 aromatic rings. The minimum atomic E-state index is -0.0600. The molecule has 19 heavy (non-hydrogen) atoms. The minimum Gasteiger partial charge on any atom is -0.396 e. The quantitative estimate of drug-likeness (QED) is 0.879. The molecule has 0 bridgehead atoms. The summed E-state index contributed by atoms with van der Waals surface area (Å²) in [5, 5.41) is 9.07. The highest BCUT2D eigenvalue weighted by Gasteiger charge is 2.19. The number of nitrogens with zero attached hydrogens (tertiary/aromatic N) is 2. The van der Waals surface area contributed by atoms with Gasteiger partial charge in [-0.15, -0.1) is 11.3 Å². The van der Waals surface area contributed by atoms with E-state index in [1.165, 1.54) is 15.8 Å². The van der Waals surface area contributed by atoms with Crippen molar-refractivity contribution in [2.75, 3.05) is 5.73 Å². The van der Waals surface area contributed by atoms with E-state index in [2.05, 4.69) is 24.3 Å². The van der Waals surface area contributed by atoms with Crippen LogP contribution in [0.4, 0.5) is 5.69 Å². The smallest absolute Gasteiger partial charge is 0.242 e. The molecule has 0 aliphatic heterocycles. The van der Waals surface area contributed by atoms with Gasteiger partial charge in [0.25, 0.3) is 0 Å². The van der Waals surface area contributed by atoms with Crippen molar-refractivity contribution >= 4 is 22.9 Å². The van der Waals surface area contributed by atoms with E-state index in [1.54, 1.807) is 17.5 Å². The lowest BCUT2D eigenvalue weighted by molar-refractivity contribution is -0.122. The maximum atomic E-state index is 12.0. The highest BCUT2D eigenvalue weighted by Crippen LogP contribution is 2.25. The van der Waals surface area contributed by atoms with Crippen molar-refractivity contribution < 1.29 is 4.79 Å². The number of nitrogens with two attached hydrogens (primary N) is 1. The second-order valence-corrected chi connectivity index (χ2v) is 5.76. The number of carbonyl (C=O) groups excluding carboxylic acids is 1. The van der Waals surface area contributed by atoms with E-state index in [1.807, 2.05) is 17.5 Å². The highest BCUT2D eigenvalue weighted by atomic mass is 32.1. The van der Waals surface area contributed by atoms with Gasteiger partial charge in [0, 0.05) is 11.1 Å². The number of hydrogen-bond donors (Lipinski definition) is 2. The number of rotatable bonds is 5. The minimum absolute atomic E-state index is 0.0420. The molecule has 0 fully saturated rings. The zero-order chi connectivity index (χ0) is 13.8. The van der Waals surface area contributed by atoms with Crippen molar-refractivity contribution in [2.45, 2.75) is 26.4 Å². The van der Waals surface area contributed by atoms with E-state index in [-0.39, 0.29) is 18.5 Å². The molecule has 6 heteroatoms. The maximum Gasteiger partial charge on any atom is 0.242 e. The Kier molecular flexibility index (Phi) is 4.21. The molecule has 0 radical (unpaired) electrons. The number of nitrogen functional groups attached to an aromatic ring is 1. The predicted molar refractivity (Wildman–Crippen MR) is 76.7 cm³/mol. The summed E-state index contributed by atoms with van der Waals surface area (Å²) in [6.45, 7) is 4.37. The molecular weight excluding hydrogens is 260 g/mol. The van der Waals surface area contributed by atoms with E-state index in [0.717, 1.165) is 0 Å². The van der Waals surface area contributed by atoms with Crippen LogP contribution in [0.1, 0.15) is 24.8 Å². The molecule has 0 spiro atoms. The average Bonchev–Trinajstić information content (AvgIpc) is 2.97. The first-order valence-corrected chi connectivity index (χ1v) is 7.05. The Labute approximate surface area is 116 Å². The molecule has 0 saturated carbocycles. The SMILES string of the molecule is CC(C)C(NC(=O)Cn1cc(N)cn1)c1cccs1. The summed E-state index contributed by atoms with van der Waals surface area (Å²) >= 11 is 1.65. The molecule has 1 unspecified atom stereocenters. The van der Waals surface area contributed by atoms with Gasteiger partial charge < -0.3 is 11.1 Å². The molecule has 2 aromatic heterocycles. The van der Waals surface area contributed by atoms with Gasteiger partial charge in [0.1, 0.15) is 6.54 Å². The molecule has 5 nitrogen and oxygen atoms in total. The normalized spacial score (nSPS) is 12.6. The van der Waals surface area contributed by atoms with Gasteiger partial charge in [-0.2, -0.15) is 5.10 Å². The van der Waals surface area contributed by atoms with Crippen molar-refractivity contribution in [1.82, 2.24) is 15.1 Å². The summed E-state index contributed by atoms with van der Waals surface area (Å²) in [7, 11) is 0. The van der Waals surface area contributed by atoms with Crippen LogP contribution in [-0.4, -0.2) is 15.7 Å². The molecule has 0 aliphatic rings. The molecule has 1 amide bonds. The Morgan fingerprint density at radius 2 is 2.37 bits per heavy atom. The fourth-order valence-corrected chi connectivity index (χ4v) is 2.82. The first kappa shape index (κ1) is 13.6. The first-order valence-electron chi connectivity index (χ1n) is 6.17. The molecule has 1 atom stereocenters. The first-order chi connectivity index (χ1) is 9.06. The van der Waals surface area contributed by atoms with Gasteiger partial charge >= 0.3 is 0 Å². The molecule has 2 rings (SSSR count). The number of thiophene rings is 1. The molecule has 0 aliphatic carbocycles. The van der Waals surface area contributed by atoms with Crippen LogP contribution in [0, 0.1) is 5.92 Å². The lowest BCUT2D eigenvalue weighted by Gasteiger charge is -2.21. The van der Waals surface area contributed by atoms with Crippen molar-refractivity contribution in [2.24, 2.45) is 5.92 Å². The Morgan fingerprint density at radius 1 is 1.58 bits per heavy atom. The zero-order valence-electron chi connectivity index (χ0n) is 11.0. The number of amides is 1. The maximum absolute atomic E-state index is 12.0. The fourth-order valence-electron chi connectivity index (χ4n) is 1.87. The van der Waals surface area contributed by atoms with Crippen LogP contribution in [0.2, 0.25) is 0 Å². The Morgan fingerprint density at radius 3 is 2.89 bits per heavy atom. The second kappa shape index (κ2) is 5.88. The van der Waals surface area contributed by atoms with E-state index < -0.39 is 0 Å². The lowest BCUT2D eigenvalue weighted by atomic mass is 10.0. The summed E-state index contributed by atoms with van der Waals surface area (Å²) in [5.41, 5.74) is 6.13. The summed E-state index contributed by atoms with van der Waals surface area (Å²) in [6.07, 6.45) is 3.18. The van der Waals surface area contributed by atoms with E-state index in [9.17, 15) is 4.79 Å². The van der Waals surface area contributed by atoms with Crippen LogP contribution in [0.15, 0.2) is 29.9 Å². The van der Waals surface area contributed by atoms with E-state index >= 15 is 0 Å². The lowest BCUT2D eigenvalue weighted by Crippen LogP contribution is -2.33. The third-order valence-corrected chi connectivity index (χ3v) is 3.75. The van der Waals surface area contributed by atoms with Gasteiger partial charge in [0.2, 0.25) is 5.91 Å². The van der Waals surface area contributed by atoms with Crippen LogP contribution in [0.25, 0.3) is 0 Å². The van der Waals surface area contributed by atoms with Crippen LogP contribution in [0.3, 0.4) is 0 Å². The van der Waals surface area contributed by atoms with Crippen LogP contribution in [0.5, 0.6) is 0 Å². The predicted octanol–water partition coefficient (Wildman–Crippen LogP) is 2.04. The van der Waals surface area contributed by atoms with Gasteiger partial charge in [-0.3, -0.25) is 9.48 Å². The average molecular weight is 278 g/mol. The topological polar surface area (TPSA) is 72.9 Å². The van der Waals surface area contributed by atoms with Gasteiger partial charge in [0.05, 0.1) is 17.9 Å². The third-order valence-electron chi connectivity index (χ3n) is 2.79. The van der Waals surface area contributed by atoms with Gasteiger partial charge in [0.15, 0.2) is 0 Å². The summed E-state index contributed by atoms with van der Waals surface area (Å²) in [6, 6.07) is 4.08. The number of hydrogen-bond acceptors (Lipinski definition) is 4. The van der Waals surface area contributed by atoms with Crippen molar-refractivity contribution in [3.63, 3.8) is 0 Å². The van der Waals surface area contributed by atoms with Crippen molar-refractivity contribution in [3.05, 3.63) is 34.8 Å². The molecule has 0 saturated heterocycles. The van der Waals surface area contributed by atoms with Gasteiger partial charge in [-0.1, -0.05) is 19.9 Å². The van der Waals surface area contributed by atoms with Crippen LogP contribution < -0.4 is 11.1 Å². The van der Waals surface area contributed by atoms with E-state index in [4.69, 9.17) is 5.73 Å². The molecular formula is C13H18N4OS. The summed E-state index contributed by atoms with van der Waals surface area (Å²) in [4.78, 5) is 13.2. The van der Waals surface area contributed by atoms with Crippen LogP contribution in [-0.2, 0) is 11.3 Å². The van der Waals surface area contributed by atoms with Crippen LogP contribution >= 0.6 is 11.3 Å². The summed E-state index contributed by atoms with van der Waals surface area (Å²) in [5.74, 6) is 0.278. The Bertz CT molecular complexity index is 533.